The minimum Gasteiger partial charge on any atom is -0.371 e. The molecule has 1 saturated heterocycles. The van der Waals surface area contributed by atoms with Crippen LogP contribution in [0.1, 0.15) is 33.6 Å². The molecule has 84 valence electrons. The molecule has 0 aromatic heterocycles. The van der Waals surface area contributed by atoms with Crippen molar-refractivity contribution < 1.29 is 4.74 Å². The summed E-state index contributed by atoms with van der Waals surface area (Å²) in [6.07, 6.45) is 3.06. The Balaban J connectivity index is 2.43. The maximum Gasteiger partial charge on any atom is 0.0841 e. The Labute approximate surface area is 92.6 Å². The molecule has 3 unspecified atom stereocenters. The molecule has 1 fully saturated rings. The van der Waals surface area contributed by atoms with Gasteiger partial charge in [-0.15, -0.1) is 11.6 Å². The van der Waals surface area contributed by atoms with Gasteiger partial charge in [0.25, 0.3) is 0 Å². The summed E-state index contributed by atoms with van der Waals surface area (Å²) in [6.45, 7) is 8.71. The Morgan fingerprint density at radius 3 is 2.79 bits per heavy atom. The molecule has 0 radical (unpaired) electrons. The first-order valence-electron chi connectivity index (χ1n) is 5.62. The third kappa shape index (κ3) is 3.41. The molecule has 0 N–H and O–H groups in total. The fourth-order valence-electron chi connectivity index (χ4n) is 2.13. The zero-order chi connectivity index (χ0) is 10.6. The van der Waals surface area contributed by atoms with E-state index in [2.05, 4.69) is 25.7 Å². The van der Waals surface area contributed by atoms with Gasteiger partial charge in [-0.05, 0) is 20.3 Å². The van der Waals surface area contributed by atoms with Gasteiger partial charge in [0.2, 0.25) is 0 Å². The predicted molar refractivity (Wildman–Crippen MR) is 61.0 cm³/mol. The molecule has 0 aromatic carbocycles. The first-order chi connectivity index (χ1) is 6.67. The van der Waals surface area contributed by atoms with Crippen molar-refractivity contribution in [2.24, 2.45) is 0 Å². The maximum atomic E-state index is 5.84. The van der Waals surface area contributed by atoms with Crippen molar-refractivity contribution in [1.82, 2.24) is 4.90 Å². The molecule has 1 heterocycles. The Kier molecular flexibility index (Phi) is 5.21. The van der Waals surface area contributed by atoms with Crippen molar-refractivity contribution in [1.29, 1.82) is 0 Å². The van der Waals surface area contributed by atoms with Gasteiger partial charge >= 0.3 is 0 Å². The van der Waals surface area contributed by atoms with E-state index in [0.717, 1.165) is 13.1 Å². The van der Waals surface area contributed by atoms with E-state index in [1.54, 1.807) is 0 Å². The number of ether oxygens (including phenoxy) is 1. The number of halogens is 1. The number of rotatable bonds is 4. The van der Waals surface area contributed by atoms with Crippen LogP contribution in [0.2, 0.25) is 0 Å². The molecule has 3 heteroatoms. The Hall–Kier alpha value is 0.210. The lowest BCUT2D eigenvalue weighted by molar-refractivity contribution is -0.0776. The molecule has 0 aliphatic carbocycles. The van der Waals surface area contributed by atoms with Gasteiger partial charge in [0, 0.05) is 25.0 Å². The summed E-state index contributed by atoms with van der Waals surface area (Å²) in [6, 6.07) is 0.664. The normalized spacial score (nSPS) is 31.7. The summed E-state index contributed by atoms with van der Waals surface area (Å²) < 4.78 is 5.72. The minimum absolute atomic E-state index is 0.222. The Morgan fingerprint density at radius 1 is 1.50 bits per heavy atom. The molecule has 3 atom stereocenters. The minimum atomic E-state index is 0.222. The highest BCUT2D eigenvalue weighted by atomic mass is 35.5. The lowest BCUT2D eigenvalue weighted by atomic mass is 10.1. The summed E-state index contributed by atoms with van der Waals surface area (Å²) in [7, 11) is 0. The molecule has 1 rings (SSSR count). The van der Waals surface area contributed by atoms with Crippen LogP contribution < -0.4 is 0 Å². The van der Waals surface area contributed by atoms with Crippen LogP contribution in [0, 0.1) is 0 Å². The number of hydrogen-bond donors (Lipinski definition) is 0. The van der Waals surface area contributed by atoms with Crippen LogP contribution in [0.25, 0.3) is 0 Å². The number of alkyl halides is 1. The molecule has 1 aliphatic heterocycles. The van der Waals surface area contributed by atoms with Crippen molar-refractivity contribution >= 4 is 11.6 Å². The van der Waals surface area contributed by atoms with E-state index >= 15 is 0 Å². The topological polar surface area (TPSA) is 12.5 Å². The van der Waals surface area contributed by atoms with Crippen LogP contribution in [0.4, 0.5) is 0 Å². The highest BCUT2D eigenvalue weighted by Gasteiger charge is 2.26. The highest BCUT2D eigenvalue weighted by molar-refractivity contribution is 6.18. The summed E-state index contributed by atoms with van der Waals surface area (Å²) in [5, 5.41) is 0. The largest absolute Gasteiger partial charge is 0.371 e. The van der Waals surface area contributed by atoms with E-state index in [4.69, 9.17) is 16.3 Å². The van der Waals surface area contributed by atoms with E-state index in [9.17, 15) is 0 Å². The molecular formula is C11H22ClNO. The summed E-state index contributed by atoms with van der Waals surface area (Å²) in [5.41, 5.74) is 0. The summed E-state index contributed by atoms with van der Waals surface area (Å²) >= 11 is 5.84. The molecule has 0 amide bonds. The Morgan fingerprint density at radius 2 is 2.21 bits per heavy atom. The van der Waals surface area contributed by atoms with Crippen LogP contribution in [0.3, 0.4) is 0 Å². The van der Waals surface area contributed by atoms with E-state index in [-0.39, 0.29) is 6.10 Å². The van der Waals surface area contributed by atoms with Gasteiger partial charge in [0.1, 0.15) is 0 Å². The Bertz CT molecular complexity index is 165. The van der Waals surface area contributed by atoms with Crippen LogP contribution in [-0.2, 0) is 4.74 Å². The van der Waals surface area contributed by atoms with Crippen molar-refractivity contribution in [2.45, 2.75) is 51.9 Å². The van der Waals surface area contributed by atoms with Gasteiger partial charge < -0.3 is 4.74 Å². The molecule has 14 heavy (non-hydrogen) atoms. The van der Waals surface area contributed by atoms with Gasteiger partial charge in [-0.2, -0.15) is 0 Å². The number of nitrogens with zero attached hydrogens (tertiary/aromatic N) is 1. The third-order valence-electron chi connectivity index (χ3n) is 2.86. The summed E-state index contributed by atoms with van der Waals surface area (Å²) in [4.78, 5) is 2.50. The molecule has 2 nitrogen and oxygen atoms in total. The lowest BCUT2D eigenvalue weighted by Gasteiger charge is -2.39. The second kappa shape index (κ2) is 5.94. The van der Waals surface area contributed by atoms with Crippen LogP contribution in [0.5, 0.6) is 0 Å². The van der Waals surface area contributed by atoms with Crippen molar-refractivity contribution in [2.75, 3.05) is 19.0 Å². The SMILES string of the molecule is CCCC(C)N1CC(C)OC(CCl)C1. The quantitative estimate of drug-likeness (QED) is 0.674. The first-order valence-corrected chi connectivity index (χ1v) is 6.16. The fourth-order valence-corrected chi connectivity index (χ4v) is 2.30. The van der Waals surface area contributed by atoms with Gasteiger partial charge in [0.05, 0.1) is 12.2 Å². The second-order valence-electron chi connectivity index (χ2n) is 4.31. The van der Waals surface area contributed by atoms with E-state index < -0.39 is 0 Å². The van der Waals surface area contributed by atoms with Gasteiger partial charge in [-0.3, -0.25) is 4.90 Å². The van der Waals surface area contributed by atoms with Crippen LogP contribution in [-0.4, -0.2) is 42.1 Å². The van der Waals surface area contributed by atoms with Gasteiger partial charge in [0.15, 0.2) is 0 Å². The van der Waals surface area contributed by atoms with Crippen molar-refractivity contribution in [3.8, 4) is 0 Å². The van der Waals surface area contributed by atoms with Crippen molar-refractivity contribution in [3.05, 3.63) is 0 Å². The predicted octanol–water partition coefficient (Wildman–Crippen LogP) is 2.50. The standard InChI is InChI=1S/C11H22ClNO/c1-4-5-9(2)13-7-10(3)14-11(6-12)8-13/h9-11H,4-8H2,1-3H3. The summed E-state index contributed by atoms with van der Waals surface area (Å²) in [5.74, 6) is 0.611. The van der Waals surface area contributed by atoms with E-state index in [1.807, 2.05) is 0 Å². The average Bonchev–Trinajstić information content (AvgIpc) is 2.17. The fraction of sp³-hybridized carbons (Fsp3) is 1.00. The molecule has 1 aliphatic rings. The molecule has 0 aromatic rings. The monoisotopic (exact) mass is 219 g/mol. The lowest BCUT2D eigenvalue weighted by Crippen LogP contribution is -2.50. The highest BCUT2D eigenvalue weighted by Crippen LogP contribution is 2.16. The van der Waals surface area contributed by atoms with E-state index in [1.165, 1.54) is 12.8 Å². The zero-order valence-electron chi connectivity index (χ0n) is 9.50. The smallest absolute Gasteiger partial charge is 0.0841 e. The van der Waals surface area contributed by atoms with E-state index in [0.29, 0.717) is 18.0 Å². The van der Waals surface area contributed by atoms with Gasteiger partial charge in [-0.25, -0.2) is 0 Å². The van der Waals surface area contributed by atoms with Crippen LogP contribution in [0.15, 0.2) is 0 Å². The number of hydrogen-bond acceptors (Lipinski definition) is 2. The number of morpholine rings is 1. The van der Waals surface area contributed by atoms with Gasteiger partial charge in [-0.1, -0.05) is 13.3 Å². The van der Waals surface area contributed by atoms with Crippen molar-refractivity contribution in [3.63, 3.8) is 0 Å². The maximum absolute atomic E-state index is 5.84. The molecule has 0 bridgehead atoms. The molecule has 0 saturated carbocycles. The third-order valence-corrected chi connectivity index (χ3v) is 3.20. The first kappa shape index (κ1) is 12.3. The average molecular weight is 220 g/mol. The second-order valence-corrected chi connectivity index (χ2v) is 4.62. The molecule has 0 spiro atoms. The zero-order valence-corrected chi connectivity index (χ0v) is 10.3. The van der Waals surface area contributed by atoms with Crippen LogP contribution >= 0.6 is 11.6 Å². The molecular weight excluding hydrogens is 198 g/mol.